The molecule has 0 amide bonds. The summed E-state index contributed by atoms with van der Waals surface area (Å²) >= 11 is 0. The Kier molecular flexibility index (Phi) is 3.12. The molecule has 2 fully saturated rings. The number of fused-ring (bicyclic) bond motifs is 4. The van der Waals surface area contributed by atoms with Crippen LogP contribution in [0, 0.1) is 11.3 Å². The molecule has 0 bridgehead atoms. The van der Waals surface area contributed by atoms with Gasteiger partial charge in [0.15, 0.2) is 0 Å². The summed E-state index contributed by atoms with van der Waals surface area (Å²) in [5.74, 6) is 0.0681. The highest BCUT2D eigenvalue weighted by Gasteiger charge is 2.55. The van der Waals surface area contributed by atoms with Crippen LogP contribution in [0.3, 0.4) is 0 Å². The SMILES string of the molecule is CCS(=O)(=O)N1CC(CC#N)(n2cc3c(n2)C2(CC2)c2c[nH]c4nccc-3c24)C1. The number of pyridine rings is 1. The van der Waals surface area contributed by atoms with Crippen molar-refractivity contribution in [3.63, 3.8) is 0 Å². The normalized spacial score (nSPS) is 21.0. The Hall–Kier alpha value is -2.70. The van der Waals surface area contributed by atoms with Crippen molar-refractivity contribution in [2.24, 2.45) is 0 Å². The Bertz CT molecular complexity index is 1320. The van der Waals surface area contributed by atoms with Gasteiger partial charge in [0.2, 0.25) is 10.0 Å². The smallest absolute Gasteiger partial charge is 0.213 e. The maximum atomic E-state index is 12.3. The molecule has 0 radical (unpaired) electrons. The van der Waals surface area contributed by atoms with Crippen LogP contribution in [0.4, 0.5) is 0 Å². The fraction of sp³-hybridized carbons (Fsp3) is 0.450. The van der Waals surface area contributed by atoms with Crippen molar-refractivity contribution in [2.45, 2.75) is 37.1 Å². The minimum Gasteiger partial charge on any atom is -0.346 e. The number of aromatic amines is 1. The fourth-order valence-corrected chi connectivity index (χ4v) is 6.30. The molecular formula is C20H20N6O2S. The average Bonchev–Trinajstić information content (AvgIpc) is 3.14. The van der Waals surface area contributed by atoms with E-state index < -0.39 is 15.6 Å². The Balaban J connectivity index is 1.50. The van der Waals surface area contributed by atoms with Crippen LogP contribution in [0.2, 0.25) is 0 Å². The van der Waals surface area contributed by atoms with Gasteiger partial charge in [0, 0.05) is 48.0 Å². The number of sulfonamides is 1. The first-order chi connectivity index (χ1) is 13.9. The second-order valence-corrected chi connectivity index (χ2v) is 10.7. The maximum Gasteiger partial charge on any atom is 0.213 e. The zero-order valence-corrected chi connectivity index (χ0v) is 16.8. The molecule has 9 heteroatoms. The van der Waals surface area contributed by atoms with Crippen molar-refractivity contribution >= 4 is 21.1 Å². The van der Waals surface area contributed by atoms with E-state index in [1.165, 1.54) is 9.87 Å². The van der Waals surface area contributed by atoms with Crippen LogP contribution in [-0.2, 0) is 21.0 Å². The first kappa shape index (κ1) is 17.2. The van der Waals surface area contributed by atoms with Crippen molar-refractivity contribution in [3.05, 3.63) is 35.9 Å². The molecule has 1 saturated heterocycles. The van der Waals surface area contributed by atoms with E-state index in [2.05, 4.69) is 22.2 Å². The van der Waals surface area contributed by atoms with Gasteiger partial charge in [-0.25, -0.2) is 13.4 Å². The molecule has 1 N–H and O–H groups in total. The Morgan fingerprint density at radius 2 is 2.10 bits per heavy atom. The van der Waals surface area contributed by atoms with Crippen LogP contribution in [0.25, 0.3) is 22.2 Å². The maximum absolute atomic E-state index is 12.3. The molecule has 8 nitrogen and oxygen atoms in total. The van der Waals surface area contributed by atoms with E-state index in [1.807, 2.05) is 16.9 Å². The standard InChI is InChI=1S/C20H20N6O2S/c1-2-29(27,28)25-11-19(12-25,6-7-21)26-10-14-13-3-8-22-18-16(13)15(9-23-18)20(4-5-20)17(14)24-26/h3,8-10H,2,4-6,11-12H2,1H3,(H,22,23). The zero-order chi connectivity index (χ0) is 20.0. The molecule has 3 aromatic rings. The summed E-state index contributed by atoms with van der Waals surface area (Å²) in [7, 11) is -3.27. The summed E-state index contributed by atoms with van der Waals surface area (Å²) in [6.07, 6.45) is 8.19. The number of rotatable bonds is 4. The van der Waals surface area contributed by atoms with Crippen LogP contribution >= 0.6 is 0 Å². The number of hydrogen-bond donors (Lipinski definition) is 1. The van der Waals surface area contributed by atoms with Crippen LogP contribution in [0.1, 0.15) is 37.4 Å². The summed E-state index contributed by atoms with van der Waals surface area (Å²) in [6.45, 7) is 2.23. The van der Waals surface area contributed by atoms with Gasteiger partial charge in [-0.3, -0.25) is 4.68 Å². The lowest BCUT2D eigenvalue weighted by Gasteiger charge is -2.47. The minimum atomic E-state index is -3.27. The van der Waals surface area contributed by atoms with E-state index in [-0.39, 0.29) is 17.6 Å². The molecule has 1 saturated carbocycles. The largest absolute Gasteiger partial charge is 0.346 e. The summed E-state index contributed by atoms with van der Waals surface area (Å²) < 4.78 is 27.9. The molecule has 4 heterocycles. The third-order valence-corrected chi connectivity index (χ3v) is 8.67. The van der Waals surface area contributed by atoms with Gasteiger partial charge in [-0.2, -0.15) is 14.7 Å². The van der Waals surface area contributed by atoms with Gasteiger partial charge in [-0.15, -0.1) is 0 Å². The first-order valence-electron chi connectivity index (χ1n) is 9.86. The second kappa shape index (κ2) is 5.26. The molecular weight excluding hydrogens is 388 g/mol. The van der Waals surface area contributed by atoms with Crippen LogP contribution in [-0.4, -0.2) is 51.3 Å². The van der Waals surface area contributed by atoms with Gasteiger partial charge in [-0.05, 0) is 37.0 Å². The Morgan fingerprint density at radius 1 is 1.31 bits per heavy atom. The van der Waals surface area contributed by atoms with E-state index in [9.17, 15) is 13.7 Å². The Morgan fingerprint density at radius 3 is 2.79 bits per heavy atom. The monoisotopic (exact) mass is 408 g/mol. The molecule has 3 aromatic heterocycles. The summed E-state index contributed by atoms with van der Waals surface area (Å²) in [6, 6.07) is 4.27. The lowest BCUT2D eigenvalue weighted by Crippen LogP contribution is -2.64. The van der Waals surface area contributed by atoms with E-state index >= 15 is 0 Å². The highest BCUT2D eigenvalue weighted by Crippen LogP contribution is 2.61. The Labute approximate surface area is 168 Å². The molecule has 1 spiro atoms. The van der Waals surface area contributed by atoms with Gasteiger partial charge in [0.05, 0.1) is 23.9 Å². The van der Waals surface area contributed by atoms with E-state index in [4.69, 9.17) is 5.10 Å². The topological polar surface area (TPSA) is 108 Å². The van der Waals surface area contributed by atoms with Crippen LogP contribution < -0.4 is 0 Å². The highest BCUT2D eigenvalue weighted by molar-refractivity contribution is 7.89. The summed E-state index contributed by atoms with van der Waals surface area (Å²) in [5.41, 5.74) is 4.69. The number of aromatic nitrogens is 4. The molecule has 29 heavy (non-hydrogen) atoms. The van der Waals surface area contributed by atoms with Crippen LogP contribution in [0.5, 0.6) is 0 Å². The molecule has 6 rings (SSSR count). The van der Waals surface area contributed by atoms with Crippen molar-refractivity contribution in [1.29, 1.82) is 5.26 Å². The number of H-pyrrole nitrogens is 1. The molecule has 0 atom stereocenters. The summed E-state index contributed by atoms with van der Waals surface area (Å²) in [5, 5.41) is 15.6. The zero-order valence-electron chi connectivity index (χ0n) is 16.0. The number of nitrogens with zero attached hydrogens (tertiary/aromatic N) is 5. The lowest BCUT2D eigenvalue weighted by atomic mass is 9.82. The average molecular weight is 408 g/mol. The van der Waals surface area contributed by atoms with E-state index in [0.717, 1.165) is 40.7 Å². The van der Waals surface area contributed by atoms with E-state index in [1.54, 1.807) is 13.1 Å². The van der Waals surface area contributed by atoms with Crippen molar-refractivity contribution in [2.75, 3.05) is 18.8 Å². The third kappa shape index (κ3) is 2.03. The molecule has 2 aliphatic carbocycles. The van der Waals surface area contributed by atoms with Gasteiger partial charge < -0.3 is 4.98 Å². The number of nitriles is 1. The number of hydrogen-bond acceptors (Lipinski definition) is 5. The third-order valence-electron chi connectivity index (χ3n) is 6.89. The van der Waals surface area contributed by atoms with Gasteiger partial charge in [0.1, 0.15) is 11.2 Å². The molecule has 0 unspecified atom stereocenters. The first-order valence-corrected chi connectivity index (χ1v) is 11.5. The predicted molar refractivity (Wildman–Crippen MR) is 107 cm³/mol. The molecule has 148 valence electrons. The van der Waals surface area contributed by atoms with E-state index in [0.29, 0.717) is 13.1 Å². The molecule has 3 aliphatic rings. The van der Waals surface area contributed by atoms with Crippen LogP contribution in [0.15, 0.2) is 24.7 Å². The van der Waals surface area contributed by atoms with Crippen molar-refractivity contribution in [1.82, 2.24) is 24.1 Å². The lowest BCUT2D eigenvalue weighted by molar-refractivity contribution is 0.0713. The van der Waals surface area contributed by atoms with Crippen molar-refractivity contribution < 1.29 is 8.42 Å². The second-order valence-electron chi connectivity index (χ2n) is 8.43. The fourth-order valence-electron chi connectivity index (χ4n) is 5.06. The molecule has 0 aromatic carbocycles. The number of nitrogens with one attached hydrogen (secondary N) is 1. The van der Waals surface area contributed by atoms with Crippen molar-refractivity contribution in [3.8, 4) is 17.2 Å². The van der Waals surface area contributed by atoms with Gasteiger partial charge in [-0.1, -0.05) is 0 Å². The van der Waals surface area contributed by atoms with Gasteiger partial charge >= 0.3 is 0 Å². The van der Waals surface area contributed by atoms with Gasteiger partial charge in [0.25, 0.3) is 0 Å². The highest BCUT2D eigenvalue weighted by atomic mass is 32.2. The molecule has 1 aliphatic heterocycles. The predicted octanol–water partition coefficient (Wildman–Crippen LogP) is 2.09. The minimum absolute atomic E-state index is 0.0681. The summed E-state index contributed by atoms with van der Waals surface area (Å²) in [4.78, 5) is 7.76. The quantitative estimate of drug-likeness (QED) is 0.711.